The third-order valence-electron chi connectivity index (χ3n) is 5.05. The molecule has 0 aromatic rings. The molecule has 0 aromatic carbocycles. The molecule has 2 atom stereocenters. The summed E-state index contributed by atoms with van der Waals surface area (Å²) in [7, 11) is 0. The summed E-state index contributed by atoms with van der Waals surface area (Å²) < 4.78 is 0. The van der Waals surface area contributed by atoms with Crippen LogP contribution in [0.4, 0.5) is 0 Å². The van der Waals surface area contributed by atoms with Crippen molar-refractivity contribution in [3.63, 3.8) is 0 Å². The van der Waals surface area contributed by atoms with Crippen LogP contribution < -0.4 is 5.32 Å². The van der Waals surface area contributed by atoms with Crippen LogP contribution in [0.3, 0.4) is 0 Å². The SMILES string of the molecule is CCCNC1CCC(C)(C2CCCCC2)C1. The highest BCUT2D eigenvalue weighted by molar-refractivity contribution is 4.94. The van der Waals surface area contributed by atoms with Gasteiger partial charge < -0.3 is 5.32 Å². The molecule has 1 N–H and O–H groups in total. The van der Waals surface area contributed by atoms with Crippen molar-refractivity contribution in [1.29, 1.82) is 0 Å². The van der Waals surface area contributed by atoms with Gasteiger partial charge in [-0.3, -0.25) is 0 Å². The summed E-state index contributed by atoms with van der Waals surface area (Å²) in [6, 6.07) is 0.826. The molecule has 1 nitrogen and oxygen atoms in total. The molecule has 2 unspecified atom stereocenters. The van der Waals surface area contributed by atoms with Crippen molar-refractivity contribution < 1.29 is 0 Å². The Balaban J connectivity index is 1.84. The van der Waals surface area contributed by atoms with Gasteiger partial charge in [0.2, 0.25) is 0 Å². The van der Waals surface area contributed by atoms with Gasteiger partial charge in [-0.2, -0.15) is 0 Å². The van der Waals surface area contributed by atoms with E-state index in [-0.39, 0.29) is 0 Å². The topological polar surface area (TPSA) is 12.0 Å². The first-order valence-electron chi connectivity index (χ1n) is 7.48. The Morgan fingerprint density at radius 2 is 1.88 bits per heavy atom. The van der Waals surface area contributed by atoms with Crippen LogP contribution in [0, 0.1) is 11.3 Å². The molecule has 2 aliphatic rings. The number of hydrogen-bond donors (Lipinski definition) is 1. The predicted molar refractivity (Wildman–Crippen MR) is 70.6 cm³/mol. The van der Waals surface area contributed by atoms with E-state index in [1.807, 2.05) is 0 Å². The number of nitrogens with one attached hydrogen (secondary N) is 1. The van der Waals surface area contributed by atoms with Crippen LogP contribution in [0.2, 0.25) is 0 Å². The molecule has 0 aliphatic heterocycles. The Morgan fingerprint density at radius 3 is 2.56 bits per heavy atom. The summed E-state index contributed by atoms with van der Waals surface area (Å²) >= 11 is 0. The van der Waals surface area contributed by atoms with E-state index < -0.39 is 0 Å². The van der Waals surface area contributed by atoms with Crippen LogP contribution in [0.1, 0.15) is 71.6 Å². The normalized spacial score (nSPS) is 36.8. The molecule has 94 valence electrons. The van der Waals surface area contributed by atoms with Gasteiger partial charge >= 0.3 is 0 Å². The average molecular weight is 223 g/mol. The first kappa shape index (κ1) is 12.4. The van der Waals surface area contributed by atoms with E-state index in [9.17, 15) is 0 Å². The third-order valence-corrected chi connectivity index (χ3v) is 5.05. The zero-order valence-corrected chi connectivity index (χ0v) is 11.2. The summed E-state index contributed by atoms with van der Waals surface area (Å²) in [5.41, 5.74) is 0.672. The second kappa shape index (κ2) is 5.53. The lowest BCUT2D eigenvalue weighted by atomic mass is 9.69. The molecule has 0 spiro atoms. The Kier molecular flexibility index (Phi) is 4.29. The maximum absolute atomic E-state index is 3.73. The molecule has 16 heavy (non-hydrogen) atoms. The van der Waals surface area contributed by atoms with Crippen molar-refractivity contribution in [3.05, 3.63) is 0 Å². The quantitative estimate of drug-likeness (QED) is 0.756. The number of rotatable bonds is 4. The third kappa shape index (κ3) is 2.80. The summed E-state index contributed by atoms with van der Waals surface area (Å²) in [5.74, 6) is 1.04. The molecule has 0 bridgehead atoms. The molecule has 2 aliphatic carbocycles. The molecule has 1 heteroatoms. The predicted octanol–water partition coefficient (Wildman–Crippen LogP) is 4.13. The average Bonchev–Trinajstić information content (AvgIpc) is 2.71. The maximum atomic E-state index is 3.73. The van der Waals surface area contributed by atoms with Gasteiger partial charge in [-0.05, 0) is 56.4 Å². The first-order valence-corrected chi connectivity index (χ1v) is 7.48. The summed E-state index contributed by atoms with van der Waals surface area (Å²) in [6.07, 6.45) is 13.1. The molecule has 0 amide bonds. The van der Waals surface area contributed by atoms with Crippen molar-refractivity contribution in [2.45, 2.75) is 77.7 Å². The zero-order chi connectivity index (χ0) is 11.4. The molecule has 0 radical (unpaired) electrons. The van der Waals surface area contributed by atoms with Crippen LogP contribution in [0.15, 0.2) is 0 Å². The second-order valence-electron chi connectivity index (χ2n) is 6.38. The first-order chi connectivity index (χ1) is 7.74. The fraction of sp³-hybridized carbons (Fsp3) is 1.00. The Labute approximate surface area is 101 Å². The van der Waals surface area contributed by atoms with Crippen molar-refractivity contribution in [2.75, 3.05) is 6.54 Å². The Morgan fingerprint density at radius 1 is 1.12 bits per heavy atom. The standard InChI is InChI=1S/C15H29N/c1-3-11-16-14-9-10-15(2,12-14)13-7-5-4-6-8-13/h13-14,16H,3-12H2,1-2H3. The summed E-state index contributed by atoms with van der Waals surface area (Å²) in [5, 5.41) is 3.73. The van der Waals surface area contributed by atoms with Crippen LogP contribution in [-0.2, 0) is 0 Å². The second-order valence-corrected chi connectivity index (χ2v) is 6.38. The fourth-order valence-electron chi connectivity index (χ4n) is 3.96. The van der Waals surface area contributed by atoms with Crippen LogP contribution >= 0.6 is 0 Å². The Bertz CT molecular complexity index is 207. The molecular weight excluding hydrogens is 194 g/mol. The lowest BCUT2D eigenvalue weighted by Crippen LogP contribution is -2.31. The van der Waals surface area contributed by atoms with Gasteiger partial charge in [-0.1, -0.05) is 33.1 Å². The highest BCUT2D eigenvalue weighted by Crippen LogP contribution is 2.49. The van der Waals surface area contributed by atoms with E-state index in [4.69, 9.17) is 0 Å². The molecular formula is C15H29N. The van der Waals surface area contributed by atoms with Gasteiger partial charge in [0.15, 0.2) is 0 Å². The molecule has 0 heterocycles. The lowest BCUT2D eigenvalue weighted by molar-refractivity contribution is 0.140. The van der Waals surface area contributed by atoms with E-state index in [1.54, 1.807) is 0 Å². The van der Waals surface area contributed by atoms with Crippen molar-refractivity contribution in [3.8, 4) is 0 Å². The van der Waals surface area contributed by atoms with E-state index in [1.165, 1.54) is 64.3 Å². The summed E-state index contributed by atoms with van der Waals surface area (Å²) in [4.78, 5) is 0. The van der Waals surface area contributed by atoms with Gasteiger partial charge in [0, 0.05) is 6.04 Å². The number of hydrogen-bond acceptors (Lipinski definition) is 1. The van der Waals surface area contributed by atoms with Gasteiger partial charge in [-0.15, -0.1) is 0 Å². The highest BCUT2D eigenvalue weighted by Gasteiger charge is 2.40. The van der Waals surface area contributed by atoms with Crippen molar-refractivity contribution in [2.24, 2.45) is 11.3 Å². The van der Waals surface area contributed by atoms with E-state index in [0.29, 0.717) is 5.41 Å². The fourth-order valence-corrected chi connectivity index (χ4v) is 3.96. The van der Waals surface area contributed by atoms with Gasteiger partial charge in [0.1, 0.15) is 0 Å². The largest absolute Gasteiger partial charge is 0.314 e. The molecule has 2 saturated carbocycles. The minimum absolute atomic E-state index is 0.672. The van der Waals surface area contributed by atoms with Gasteiger partial charge in [0.05, 0.1) is 0 Å². The van der Waals surface area contributed by atoms with E-state index in [0.717, 1.165) is 12.0 Å². The van der Waals surface area contributed by atoms with E-state index >= 15 is 0 Å². The Hall–Kier alpha value is -0.0400. The minimum Gasteiger partial charge on any atom is -0.314 e. The molecule has 0 saturated heterocycles. The maximum Gasteiger partial charge on any atom is 0.00725 e. The van der Waals surface area contributed by atoms with Gasteiger partial charge in [-0.25, -0.2) is 0 Å². The lowest BCUT2D eigenvalue weighted by Gasteiger charge is -2.37. The highest BCUT2D eigenvalue weighted by atomic mass is 14.9. The van der Waals surface area contributed by atoms with Crippen LogP contribution in [0.5, 0.6) is 0 Å². The van der Waals surface area contributed by atoms with Gasteiger partial charge in [0.25, 0.3) is 0 Å². The van der Waals surface area contributed by atoms with E-state index in [2.05, 4.69) is 19.2 Å². The molecule has 2 fully saturated rings. The van der Waals surface area contributed by atoms with Crippen LogP contribution in [0.25, 0.3) is 0 Å². The monoisotopic (exact) mass is 223 g/mol. The zero-order valence-electron chi connectivity index (χ0n) is 11.2. The smallest absolute Gasteiger partial charge is 0.00725 e. The van der Waals surface area contributed by atoms with Crippen molar-refractivity contribution in [1.82, 2.24) is 5.32 Å². The molecule has 0 aromatic heterocycles. The summed E-state index contributed by atoms with van der Waals surface area (Å²) in [6.45, 7) is 6.05. The van der Waals surface area contributed by atoms with Crippen molar-refractivity contribution >= 4 is 0 Å². The van der Waals surface area contributed by atoms with Crippen LogP contribution in [-0.4, -0.2) is 12.6 Å². The molecule has 2 rings (SSSR count). The minimum atomic E-state index is 0.672.